The van der Waals surface area contributed by atoms with Crippen molar-refractivity contribution in [2.45, 2.75) is 64.0 Å². The number of methoxy groups -OCH3 is 1. The molecule has 1 N–H and O–H groups in total. The molecular weight excluding hydrogens is 411 g/mol. The minimum absolute atomic E-state index is 0.00638. The summed E-state index contributed by atoms with van der Waals surface area (Å²) in [4.78, 5) is 19.5. The number of aliphatic imine (C=N–C) groups is 1. The summed E-state index contributed by atoms with van der Waals surface area (Å²) in [7, 11) is 1.66. The fourth-order valence-corrected chi connectivity index (χ4v) is 5.59. The second kappa shape index (κ2) is 8.11. The maximum atomic E-state index is 13.3. The van der Waals surface area contributed by atoms with E-state index in [9.17, 15) is 18.0 Å². The van der Waals surface area contributed by atoms with E-state index in [0.29, 0.717) is 0 Å². The van der Waals surface area contributed by atoms with Crippen molar-refractivity contribution in [1.29, 1.82) is 0 Å². The van der Waals surface area contributed by atoms with Gasteiger partial charge in [-0.05, 0) is 26.2 Å². The SMILES string of the molecule is COC1=C(C)N=CC(C2CC(C)C3C(=O)N(C4C=NN(CC(F)(F)F)C4)[C@@H](C)C3N2)C1. The van der Waals surface area contributed by atoms with E-state index in [2.05, 4.69) is 22.3 Å². The molecule has 0 bridgehead atoms. The molecule has 1 amide bonds. The highest BCUT2D eigenvalue weighted by molar-refractivity contribution is 5.87. The van der Waals surface area contributed by atoms with Crippen molar-refractivity contribution >= 4 is 18.3 Å². The number of ether oxygens (including phenoxy) is 1. The molecule has 31 heavy (non-hydrogen) atoms. The Morgan fingerprint density at radius 1 is 1.29 bits per heavy atom. The molecule has 4 aliphatic rings. The summed E-state index contributed by atoms with van der Waals surface area (Å²) in [5.74, 6) is 1.04. The summed E-state index contributed by atoms with van der Waals surface area (Å²) in [6, 6.07) is -0.473. The van der Waals surface area contributed by atoms with Gasteiger partial charge in [-0.15, -0.1) is 0 Å². The molecular formula is C21H30F3N5O2. The van der Waals surface area contributed by atoms with E-state index in [1.54, 1.807) is 12.0 Å². The van der Waals surface area contributed by atoms with Crippen LogP contribution in [0.3, 0.4) is 0 Å². The highest BCUT2D eigenvalue weighted by Gasteiger charge is 2.54. The summed E-state index contributed by atoms with van der Waals surface area (Å²) >= 11 is 0. The van der Waals surface area contributed by atoms with Gasteiger partial charge in [0.05, 0.1) is 31.3 Å². The monoisotopic (exact) mass is 441 g/mol. The van der Waals surface area contributed by atoms with Crippen LogP contribution in [0.25, 0.3) is 0 Å². The van der Waals surface area contributed by atoms with E-state index in [-0.39, 0.29) is 48.3 Å². The minimum atomic E-state index is -4.32. The number of halogens is 3. The Hall–Kier alpha value is -2.10. The van der Waals surface area contributed by atoms with E-state index in [0.717, 1.165) is 29.3 Å². The van der Waals surface area contributed by atoms with Gasteiger partial charge in [0.1, 0.15) is 12.3 Å². The normalized spacial score (nSPS) is 38.3. The maximum Gasteiger partial charge on any atom is 0.407 e. The van der Waals surface area contributed by atoms with Crippen LogP contribution in [0.4, 0.5) is 13.2 Å². The number of hydrazone groups is 1. The Bertz CT molecular complexity index is 811. The lowest BCUT2D eigenvalue weighted by atomic mass is 9.75. The highest BCUT2D eigenvalue weighted by Crippen LogP contribution is 2.40. The Morgan fingerprint density at radius 2 is 2.03 bits per heavy atom. The highest BCUT2D eigenvalue weighted by atomic mass is 19.4. The maximum absolute atomic E-state index is 13.3. The number of piperidine rings is 1. The van der Waals surface area contributed by atoms with Crippen LogP contribution in [0.5, 0.6) is 0 Å². The van der Waals surface area contributed by atoms with Crippen molar-refractivity contribution < 1.29 is 22.7 Å². The Kier molecular flexibility index (Phi) is 5.78. The molecule has 172 valence electrons. The Balaban J connectivity index is 1.46. The van der Waals surface area contributed by atoms with Gasteiger partial charge in [0.25, 0.3) is 0 Å². The first kappa shape index (κ1) is 22.1. The number of rotatable bonds is 4. The first-order valence-electron chi connectivity index (χ1n) is 10.8. The summed E-state index contributed by atoms with van der Waals surface area (Å²) in [5, 5.41) is 8.58. The second-order valence-corrected chi connectivity index (χ2v) is 9.18. The van der Waals surface area contributed by atoms with Crippen molar-refractivity contribution in [3.05, 3.63) is 11.5 Å². The molecule has 0 aromatic rings. The number of nitrogens with zero attached hydrogens (tertiary/aromatic N) is 4. The number of fused-ring (bicyclic) bond motifs is 1. The first-order valence-corrected chi connectivity index (χ1v) is 10.8. The van der Waals surface area contributed by atoms with Crippen molar-refractivity contribution in [3.63, 3.8) is 0 Å². The molecule has 0 aromatic heterocycles. The second-order valence-electron chi connectivity index (χ2n) is 9.18. The third kappa shape index (κ3) is 4.18. The number of carbonyl (C=O) groups excluding carboxylic acids is 1. The van der Waals surface area contributed by atoms with Crippen molar-refractivity contribution in [2.75, 3.05) is 20.2 Å². The molecule has 0 radical (unpaired) electrons. The topological polar surface area (TPSA) is 69.5 Å². The molecule has 4 heterocycles. The number of carbonyl (C=O) groups is 1. The number of amides is 1. The van der Waals surface area contributed by atoms with Crippen molar-refractivity contribution in [2.24, 2.45) is 27.8 Å². The molecule has 2 saturated heterocycles. The number of likely N-dealkylation sites (tertiary alicyclic amines) is 1. The summed E-state index contributed by atoms with van der Waals surface area (Å²) in [6.45, 7) is 4.97. The van der Waals surface area contributed by atoms with Gasteiger partial charge in [-0.3, -0.25) is 14.8 Å². The van der Waals surface area contributed by atoms with Gasteiger partial charge in [-0.2, -0.15) is 18.3 Å². The predicted molar refractivity (Wildman–Crippen MR) is 111 cm³/mol. The molecule has 0 saturated carbocycles. The van der Waals surface area contributed by atoms with Crippen LogP contribution in [0.15, 0.2) is 21.6 Å². The molecule has 7 atom stereocenters. The van der Waals surface area contributed by atoms with Gasteiger partial charge in [0.15, 0.2) is 0 Å². The van der Waals surface area contributed by atoms with Crippen molar-refractivity contribution in [1.82, 2.24) is 15.2 Å². The van der Waals surface area contributed by atoms with Crippen LogP contribution in [-0.4, -0.2) is 78.8 Å². The van der Waals surface area contributed by atoms with E-state index >= 15 is 0 Å². The van der Waals surface area contributed by atoms with Crippen LogP contribution in [0.2, 0.25) is 0 Å². The largest absolute Gasteiger partial charge is 0.499 e. The number of hydrogen-bond acceptors (Lipinski definition) is 6. The van der Waals surface area contributed by atoms with Gasteiger partial charge in [-0.25, -0.2) is 0 Å². The molecule has 7 nitrogen and oxygen atoms in total. The van der Waals surface area contributed by atoms with Gasteiger partial charge < -0.3 is 15.0 Å². The van der Waals surface area contributed by atoms with E-state index in [1.165, 1.54) is 6.21 Å². The lowest BCUT2D eigenvalue weighted by Crippen LogP contribution is -2.56. The smallest absolute Gasteiger partial charge is 0.407 e. The molecule has 10 heteroatoms. The zero-order valence-corrected chi connectivity index (χ0v) is 18.3. The Morgan fingerprint density at radius 3 is 2.71 bits per heavy atom. The molecule has 4 rings (SSSR count). The first-order chi connectivity index (χ1) is 14.6. The van der Waals surface area contributed by atoms with Gasteiger partial charge in [0, 0.05) is 42.9 Å². The summed E-state index contributed by atoms with van der Waals surface area (Å²) in [6.07, 6.45) is 0.728. The van der Waals surface area contributed by atoms with E-state index < -0.39 is 18.8 Å². The lowest BCUT2D eigenvalue weighted by Gasteiger charge is -2.41. The zero-order valence-electron chi connectivity index (χ0n) is 18.3. The molecule has 0 spiro atoms. The average molecular weight is 441 g/mol. The Labute approximate surface area is 180 Å². The summed E-state index contributed by atoms with van der Waals surface area (Å²) < 4.78 is 43.7. The van der Waals surface area contributed by atoms with Crippen LogP contribution < -0.4 is 5.32 Å². The fourth-order valence-electron chi connectivity index (χ4n) is 5.59. The van der Waals surface area contributed by atoms with Gasteiger partial charge in [0.2, 0.25) is 5.91 Å². The van der Waals surface area contributed by atoms with Crippen molar-refractivity contribution in [3.8, 4) is 0 Å². The minimum Gasteiger partial charge on any atom is -0.499 e. The predicted octanol–water partition coefficient (Wildman–Crippen LogP) is 2.40. The van der Waals surface area contributed by atoms with E-state index in [1.807, 2.05) is 20.1 Å². The fraction of sp³-hybridized carbons (Fsp3) is 0.762. The van der Waals surface area contributed by atoms with Gasteiger partial charge >= 0.3 is 6.18 Å². The molecule has 2 fully saturated rings. The van der Waals surface area contributed by atoms with Crippen LogP contribution in [0.1, 0.15) is 33.6 Å². The van der Waals surface area contributed by atoms with Crippen LogP contribution in [-0.2, 0) is 9.53 Å². The zero-order chi connectivity index (χ0) is 22.5. The number of alkyl halides is 3. The van der Waals surface area contributed by atoms with Crippen LogP contribution in [0, 0.1) is 17.8 Å². The molecule has 4 aliphatic heterocycles. The summed E-state index contributed by atoms with van der Waals surface area (Å²) in [5.41, 5.74) is 0.889. The third-order valence-corrected chi connectivity index (χ3v) is 7.10. The number of hydrogen-bond donors (Lipinski definition) is 1. The molecule has 0 aliphatic carbocycles. The van der Waals surface area contributed by atoms with Crippen LogP contribution >= 0.6 is 0 Å². The lowest BCUT2D eigenvalue weighted by molar-refractivity contribution is -0.146. The molecule has 6 unspecified atom stereocenters. The van der Waals surface area contributed by atoms with E-state index in [4.69, 9.17) is 4.74 Å². The van der Waals surface area contributed by atoms with Gasteiger partial charge in [-0.1, -0.05) is 6.92 Å². The quantitative estimate of drug-likeness (QED) is 0.728. The number of nitrogens with one attached hydrogen (secondary N) is 1. The third-order valence-electron chi connectivity index (χ3n) is 7.10. The molecule has 0 aromatic carbocycles. The standard InChI is InChI=1S/C21H30F3N5O2/c1-11-5-16(14-6-17(31-4)12(2)25-7-14)27-19-13(3)29(20(30)18(11)19)15-8-26-28(9-15)10-21(22,23)24/h7-8,11,13-16,18-19,27H,5-6,9-10H2,1-4H3/t11?,13-,14?,15?,16?,18?,19?/m0/s1. The average Bonchev–Trinajstić information content (AvgIpc) is 3.23. The number of allylic oxidation sites excluding steroid dienone is 2.